The van der Waals surface area contributed by atoms with E-state index in [9.17, 15) is 17.6 Å². The van der Waals surface area contributed by atoms with Crippen molar-refractivity contribution >= 4 is 0 Å². The molecular weight excluding hydrogens is 360 g/mol. The summed E-state index contributed by atoms with van der Waals surface area (Å²) in [7, 11) is 0. The molecule has 3 heterocycles. The van der Waals surface area contributed by atoms with Crippen LogP contribution in [-0.2, 0) is 25.6 Å². The van der Waals surface area contributed by atoms with Gasteiger partial charge in [-0.05, 0) is 29.8 Å². The maximum atomic E-state index is 13.5. The van der Waals surface area contributed by atoms with E-state index in [-0.39, 0.29) is 6.42 Å². The Labute approximate surface area is 152 Å². The van der Waals surface area contributed by atoms with Gasteiger partial charge in [0.25, 0.3) is 0 Å². The van der Waals surface area contributed by atoms with E-state index in [0.29, 0.717) is 11.3 Å². The Bertz CT molecular complexity index is 978. The summed E-state index contributed by atoms with van der Waals surface area (Å²) < 4.78 is 54.0. The van der Waals surface area contributed by atoms with Crippen LogP contribution in [0, 0.1) is 5.82 Å². The number of halogens is 4. The van der Waals surface area contributed by atoms with Crippen LogP contribution in [0.15, 0.2) is 42.7 Å². The molecule has 3 aromatic rings. The maximum Gasteiger partial charge on any atom is 0.419 e. The van der Waals surface area contributed by atoms with E-state index in [1.54, 1.807) is 12.3 Å². The average Bonchev–Trinajstić information content (AvgIpc) is 3.07. The van der Waals surface area contributed by atoms with Gasteiger partial charge in [0.2, 0.25) is 0 Å². The Hall–Kier alpha value is -2.74. The Kier molecular flexibility index (Phi) is 4.43. The number of alkyl halides is 3. The quantitative estimate of drug-likeness (QED) is 0.710. The molecule has 0 saturated heterocycles. The first-order valence-corrected chi connectivity index (χ1v) is 8.49. The molecule has 1 aromatic carbocycles. The smallest absolute Gasteiger partial charge is 0.312 e. The highest BCUT2D eigenvalue weighted by atomic mass is 19.4. The maximum absolute atomic E-state index is 13.5. The van der Waals surface area contributed by atoms with Gasteiger partial charge in [0, 0.05) is 49.1 Å². The van der Waals surface area contributed by atoms with Crippen LogP contribution < -0.4 is 5.32 Å². The molecule has 1 aliphatic rings. The normalized spacial score (nSPS) is 14.2. The number of hydrogen-bond donors (Lipinski definition) is 1. The lowest BCUT2D eigenvalue weighted by molar-refractivity contribution is -0.140. The number of nitrogens with zero attached hydrogens (tertiary/aromatic N) is 3. The zero-order valence-corrected chi connectivity index (χ0v) is 14.2. The minimum absolute atomic E-state index is 0.169. The van der Waals surface area contributed by atoms with Crippen LogP contribution in [0.5, 0.6) is 0 Å². The first-order valence-electron chi connectivity index (χ1n) is 8.49. The second kappa shape index (κ2) is 6.77. The zero-order chi connectivity index (χ0) is 19.0. The summed E-state index contributed by atoms with van der Waals surface area (Å²) in [6, 6.07) is 6.64. The van der Waals surface area contributed by atoms with Crippen molar-refractivity contribution in [2.45, 2.75) is 25.6 Å². The summed E-state index contributed by atoms with van der Waals surface area (Å²) >= 11 is 0. The van der Waals surface area contributed by atoms with E-state index in [2.05, 4.69) is 15.4 Å². The summed E-state index contributed by atoms with van der Waals surface area (Å²) in [6.07, 6.45) is -0.287. The van der Waals surface area contributed by atoms with E-state index in [4.69, 9.17) is 0 Å². The van der Waals surface area contributed by atoms with Crippen molar-refractivity contribution < 1.29 is 17.6 Å². The van der Waals surface area contributed by atoms with Gasteiger partial charge < -0.3 is 5.32 Å². The topological polar surface area (TPSA) is 42.7 Å². The minimum atomic E-state index is -4.72. The van der Waals surface area contributed by atoms with Gasteiger partial charge in [-0.1, -0.05) is 6.07 Å². The van der Waals surface area contributed by atoms with Gasteiger partial charge in [-0.2, -0.15) is 18.3 Å². The van der Waals surface area contributed by atoms with Gasteiger partial charge >= 0.3 is 6.18 Å². The molecule has 2 aromatic heterocycles. The molecule has 0 unspecified atom stereocenters. The van der Waals surface area contributed by atoms with Gasteiger partial charge in [0.1, 0.15) is 5.82 Å². The molecule has 27 heavy (non-hydrogen) atoms. The average molecular weight is 376 g/mol. The number of nitrogens with one attached hydrogen (secondary N) is 1. The number of hydrogen-bond acceptors (Lipinski definition) is 3. The fraction of sp³-hybridized carbons (Fsp3) is 0.263. The molecule has 1 N–H and O–H groups in total. The van der Waals surface area contributed by atoms with Crippen LogP contribution in [0.4, 0.5) is 17.6 Å². The van der Waals surface area contributed by atoms with Crippen molar-refractivity contribution in [3.05, 3.63) is 76.6 Å². The highest BCUT2D eigenvalue weighted by molar-refractivity contribution is 5.38. The van der Waals surface area contributed by atoms with Gasteiger partial charge in [0.05, 0.1) is 17.4 Å². The number of aromatic nitrogens is 3. The summed E-state index contributed by atoms with van der Waals surface area (Å²) in [4.78, 5) is 4.24. The van der Waals surface area contributed by atoms with Crippen molar-refractivity contribution in [2.24, 2.45) is 0 Å². The second-order valence-corrected chi connectivity index (χ2v) is 6.45. The fourth-order valence-electron chi connectivity index (χ4n) is 3.28. The lowest BCUT2D eigenvalue weighted by Crippen LogP contribution is -2.24. The first-order chi connectivity index (χ1) is 12.9. The molecule has 0 amide bonds. The third kappa shape index (κ3) is 3.57. The van der Waals surface area contributed by atoms with E-state index < -0.39 is 17.6 Å². The van der Waals surface area contributed by atoms with Crippen LogP contribution >= 0.6 is 0 Å². The number of fused-ring (bicyclic) bond motifs is 1. The highest BCUT2D eigenvalue weighted by Crippen LogP contribution is 2.32. The standard InChI is InChI=1S/C19H16F4N4/c20-17-2-1-12(8-16(17)19(21,22)23)7-14-9-15(3-6-25-14)27-18-4-5-24-10-13(18)11-26-27/h1-3,6,8-9,11,24H,4-5,7,10H2. The summed E-state index contributed by atoms with van der Waals surface area (Å²) in [6.45, 7) is 1.63. The molecule has 0 aliphatic carbocycles. The third-order valence-electron chi connectivity index (χ3n) is 4.58. The molecule has 140 valence electrons. The van der Waals surface area contributed by atoms with Crippen LogP contribution in [0.1, 0.15) is 28.1 Å². The Balaban J connectivity index is 1.63. The molecule has 0 bridgehead atoms. The predicted octanol–water partition coefficient (Wildman–Crippen LogP) is 3.66. The van der Waals surface area contributed by atoms with Gasteiger partial charge in [0.15, 0.2) is 0 Å². The van der Waals surface area contributed by atoms with Gasteiger partial charge in [-0.15, -0.1) is 0 Å². The highest BCUT2D eigenvalue weighted by Gasteiger charge is 2.34. The van der Waals surface area contributed by atoms with Crippen LogP contribution in [-0.4, -0.2) is 21.3 Å². The van der Waals surface area contributed by atoms with E-state index >= 15 is 0 Å². The Morgan fingerprint density at radius 2 is 2.00 bits per heavy atom. The summed E-state index contributed by atoms with van der Waals surface area (Å²) in [5, 5.41) is 7.71. The molecule has 0 fully saturated rings. The molecule has 1 aliphatic heterocycles. The molecular formula is C19H16F4N4. The number of benzene rings is 1. The van der Waals surface area contributed by atoms with E-state index in [1.165, 1.54) is 6.07 Å². The van der Waals surface area contributed by atoms with Crippen LogP contribution in [0.3, 0.4) is 0 Å². The van der Waals surface area contributed by atoms with Crippen molar-refractivity contribution in [1.82, 2.24) is 20.1 Å². The molecule has 4 rings (SSSR count). The molecule has 0 radical (unpaired) electrons. The minimum Gasteiger partial charge on any atom is -0.312 e. The molecule has 0 spiro atoms. The molecule has 4 nitrogen and oxygen atoms in total. The SMILES string of the molecule is Fc1ccc(Cc2cc(-n3ncc4c3CCNC4)ccn2)cc1C(F)(F)F. The zero-order valence-electron chi connectivity index (χ0n) is 14.2. The van der Waals surface area contributed by atoms with E-state index in [0.717, 1.165) is 48.6 Å². The first kappa shape index (κ1) is 17.7. The van der Waals surface area contributed by atoms with E-state index in [1.807, 2.05) is 16.9 Å². The molecule has 8 heteroatoms. The largest absolute Gasteiger partial charge is 0.419 e. The summed E-state index contributed by atoms with van der Waals surface area (Å²) in [5.41, 5.74) is 2.73. The predicted molar refractivity (Wildman–Crippen MR) is 91.0 cm³/mol. The molecule has 0 saturated carbocycles. The monoisotopic (exact) mass is 376 g/mol. The Morgan fingerprint density at radius 3 is 2.81 bits per heavy atom. The molecule has 0 atom stereocenters. The second-order valence-electron chi connectivity index (χ2n) is 6.45. The van der Waals surface area contributed by atoms with Crippen molar-refractivity contribution in [1.29, 1.82) is 0 Å². The number of rotatable bonds is 3. The lowest BCUT2D eigenvalue weighted by atomic mass is 10.0. The van der Waals surface area contributed by atoms with Crippen molar-refractivity contribution in [2.75, 3.05) is 6.54 Å². The summed E-state index contributed by atoms with van der Waals surface area (Å²) in [5.74, 6) is -1.27. The van der Waals surface area contributed by atoms with Crippen molar-refractivity contribution in [3.8, 4) is 5.69 Å². The number of pyridine rings is 1. The van der Waals surface area contributed by atoms with Crippen LogP contribution in [0.25, 0.3) is 5.69 Å². The van der Waals surface area contributed by atoms with Crippen molar-refractivity contribution in [3.63, 3.8) is 0 Å². The van der Waals surface area contributed by atoms with Crippen LogP contribution in [0.2, 0.25) is 0 Å². The lowest BCUT2D eigenvalue weighted by Gasteiger charge is -2.15. The Morgan fingerprint density at radius 1 is 1.15 bits per heavy atom. The van der Waals surface area contributed by atoms with Gasteiger partial charge in [-0.25, -0.2) is 9.07 Å². The fourth-order valence-corrected chi connectivity index (χ4v) is 3.28. The van der Waals surface area contributed by atoms with Gasteiger partial charge in [-0.3, -0.25) is 4.98 Å². The third-order valence-corrected chi connectivity index (χ3v) is 4.58.